The molecule has 1 rings (SSSR count). The average molecular weight is 236 g/mol. The van der Waals surface area contributed by atoms with Crippen LogP contribution in [-0.4, -0.2) is 42.6 Å². The van der Waals surface area contributed by atoms with Crippen molar-refractivity contribution in [3.63, 3.8) is 0 Å². The number of phenols is 1. The van der Waals surface area contributed by atoms with E-state index in [0.717, 1.165) is 18.7 Å². The molecule has 0 bridgehead atoms. The first-order valence-electron chi connectivity index (χ1n) is 5.81. The van der Waals surface area contributed by atoms with Crippen molar-refractivity contribution in [3.05, 3.63) is 29.3 Å². The first-order valence-corrected chi connectivity index (χ1v) is 5.81. The molecular weight excluding hydrogens is 216 g/mol. The van der Waals surface area contributed by atoms with E-state index >= 15 is 0 Å². The van der Waals surface area contributed by atoms with E-state index in [2.05, 4.69) is 17.1 Å². The zero-order valence-electron chi connectivity index (χ0n) is 10.7. The zero-order valence-corrected chi connectivity index (χ0v) is 10.7. The highest BCUT2D eigenvalue weighted by atomic mass is 16.3. The highest BCUT2D eigenvalue weighted by Crippen LogP contribution is 2.17. The Hall–Kier alpha value is -1.55. The van der Waals surface area contributed by atoms with Gasteiger partial charge in [-0.05, 0) is 32.6 Å². The molecule has 0 saturated carbocycles. The van der Waals surface area contributed by atoms with Crippen molar-refractivity contribution in [2.24, 2.45) is 0 Å². The molecule has 2 N–H and O–H groups in total. The van der Waals surface area contributed by atoms with Gasteiger partial charge in [-0.15, -0.1) is 0 Å². The Balaban J connectivity index is 2.55. The quantitative estimate of drug-likeness (QED) is 0.812. The highest BCUT2D eigenvalue weighted by molar-refractivity contribution is 5.96. The van der Waals surface area contributed by atoms with Gasteiger partial charge in [0.15, 0.2) is 0 Å². The minimum absolute atomic E-state index is 0.0250. The number of rotatable bonds is 5. The van der Waals surface area contributed by atoms with Gasteiger partial charge in [-0.3, -0.25) is 4.79 Å². The van der Waals surface area contributed by atoms with Crippen molar-refractivity contribution in [2.45, 2.75) is 13.8 Å². The molecule has 4 nitrogen and oxygen atoms in total. The Morgan fingerprint density at radius 3 is 2.82 bits per heavy atom. The van der Waals surface area contributed by atoms with E-state index in [1.165, 1.54) is 0 Å². The Bertz CT molecular complexity index is 391. The fraction of sp³-hybridized carbons (Fsp3) is 0.462. The number of carbonyl (C=O) groups is 1. The third-order valence-corrected chi connectivity index (χ3v) is 2.72. The number of benzene rings is 1. The SMILES string of the molecule is CCN(C)CCNC(=O)c1cc(C)ccc1O. The number of hydrogen-bond acceptors (Lipinski definition) is 3. The maximum absolute atomic E-state index is 11.8. The Labute approximate surface area is 102 Å². The Kier molecular flexibility index (Phi) is 4.97. The molecule has 0 spiro atoms. The standard InChI is InChI=1S/C13H20N2O2/c1-4-15(3)8-7-14-13(17)11-9-10(2)5-6-12(11)16/h5-6,9,16H,4,7-8H2,1-3H3,(H,14,17). The molecule has 0 unspecified atom stereocenters. The molecule has 0 aliphatic heterocycles. The number of amides is 1. The van der Waals surface area contributed by atoms with Crippen LogP contribution in [0, 0.1) is 6.92 Å². The van der Waals surface area contributed by atoms with Crippen molar-refractivity contribution < 1.29 is 9.90 Å². The molecule has 94 valence electrons. The number of likely N-dealkylation sites (N-methyl/N-ethyl adjacent to an activating group) is 1. The van der Waals surface area contributed by atoms with Crippen LogP contribution in [-0.2, 0) is 0 Å². The molecular formula is C13H20N2O2. The van der Waals surface area contributed by atoms with Crippen LogP contribution in [0.2, 0.25) is 0 Å². The summed E-state index contributed by atoms with van der Waals surface area (Å²) >= 11 is 0. The minimum Gasteiger partial charge on any atom is -0.507 e. The van der Waals surface area contributed by atoms with Crippen molar-refractivity contribution >= 4 is 5.91 Å². The summed E-state index contributed by atoms with van der Waals surface area (Å²) < 4.78 is 0. The number of carbonyl (C=O) groups excluding carboxylic acids is 1. The maximum atomic E-state index is 11.8. The zero-order chi connectivity index (χ0) is 12.8. The molecule has 0 heterocycles. The summed E-state index contributed by atoms with van der Waals surface area (Å²) in [5.41, 5.74) is 1.29. The molecule has 0 aliphatic carbocycles. The van der Waals surface area contributed by atoms with Crippen LogP contribution in [0.3, 0.4) is 0 Å². The molecule has 0 aliphatic rings. The molecule has 4 heteroatoms. The number of hydrogen-bond donors (Lipinski definition) is 2. The Morgan fingerprint density at radius 1 is 1.47 bits per heavy atom. The number of nitrogens with zero attached hydrogens (tertiary/aromatic N) is 1. The molecule has 0 saturated heterocycles. The number of phenolic OH excluding ortho intramolecular Hbond substituents is 1. The van der Waals surface area contributed by atoms with Crippen LogP contribution in [0.5, 0.6) is 5.75 Å². The second kappa shape index (κ2) is 6.25. The van der Waals surface area contributed by atoms with Gasteiger partial charge in [0.1, 0.15) is 5.75 Å². The molecule has 0 atom stereocenters. The van der Waals surface area contributed by atoms with Crippen LogP contribution in [0.25, 0.3) is 0 Å². The largest absolute Gasteiger partial charge is 0.507 e. The van der Waals surface area contributed by atoms with E-state index < -0.39 is 0 Å². The van der Waals surface area contributed by atoms with Crippen molar-refractivity contribution in [1.82, 2.24) is 10.2 Å². The summed E-state index contributed by atoms with van der Waals surface area (Å²) in [6.07, 6.45) is 0. The summed E-state index contributed by atoms with van der Waals surface area (Å²) in [5, 5.41) is 12.4. The van der Waals surface area contributed by atoms with Crippen molar-refractivity contribution in [2.75, 3.05) is 26.7 Å². The molecule has 1 aromatic rings. The lowest BCUT2D eigenvalue weighted by Crippen LogP contribution is -2.32. The topological polar surface area (TPSA) is 52.6 Å². The first-order chi connectivity index (χ1) is 8.04. The fourth-order valence-corrected chi connectivity index (χ4v) is 1.45. The van der Waals surface area contributed by atoms with Gasteiger partial charge < -0.3 is 15.3 Å². The normalized spacial score (nSPS) is 10.6. The van der Waals surface area contributed by atoms with Crippen LogP contribution >= 0.6 is 0 Å². The van der Waals surface area contributed by atoms with Gasteiger partial charge in [-0.1, -0.05) is 18.6 Å². The van der Waals surface area contributed by atoms with Gasteiger partial charge >= 0.3 is 0 Å². The van der Waals surface area contributed by atoms with Gasteiger partial charge in [0, 0.05) is 13.1 Å². The summed E-state index contributed by atoms with van der Waals surface area (Å²) in [6.45, 7) is 6.28. The second-order valence-electron chi connectivity index (χ2n) is 4.17. The summed E-state index contributed by atoms with van der Waals surface area (Å²) in [6, 6.07) is 5.01. The lowest BCUT2D eigenvalue weighted by atomic mass is 10.1. The summed E-state index contributed by atoms with van der Waals surface area (Å²) in [7, 11) is 2.00. The highest BCUT2D eigenvalue weighted by Gasteiger charge is 2.10. The van der Waals surface area contributed by atoms with Crippen LogP contribution in [0.15, 0.2) is 18.2 Å². The fourth-order valence-electron chi connectivity index (χ4n) is 1.45. The molecule has 17 heavy (non-hydrogen) atoms. The van der Waals surface area contributed by atoms with E-state index in [0.29, 0.717) is 12.1 Å². The predicted molar refractivity (Wildman–Crippen MR) is 68.3 cm³/mol. The van der Waals surface area contributed by atoms with Gasteiger partial charge in [0.25, 0.3) is 5.91 Å². The van der Waals surface area contributed by atoms with E-state index in [1.807, 2.05) is 14.0 Å². The van der Waals surface area contributed by atoms with Gasteiger partial charge in [-0.2, -0.15) is 0 Å². The van der Waals surface area contributed by atoms with E-state index in [4.69, 9.17) is 0 Å². The summed E-state index contributed by atoms with van der Waals surface area (Å²) in [4.78, 5) is 13.9. The molecule has 0 aromatic heterocycles. The van der Waals surface area contributed by atoms with Crippen molar-refractivity contribution in [3.8, 4) is 5.75 Å². The molecule has 0 fully saturated rings. The number of nitrogens with one attached hydrogen (secondary N) is 1. The Morgan fingerprint density at radius 2 is 2.18 bits per heavy atom. The third-order valence-electron chi connectivity index (χ3n) is 2.72. The van der Waals surface area contributed by atoms with Crippen LogP contribution < -0.4 is 5.32 Å². The van der Waals surface area contributed by atoms with Gasteiger partial charge in [0.05, 0.1) is 5.56 Å². The monoisotopic (exact) mass is 236 g/mol. The molecule has 1 amide bonds. The van der Waals surface area contributed by atoms with E-state index in [9.17, 15) is 9.90 Å². The lowest BCUT2D eigenvalue weighted by molar-refractivity contribution is 0.0947. The predicted octanol–water partition coefficient (Wildman–Crippen LogP) is 1.38. The number of aryl methyl sites for hydroxylation is 1. The van der Waals surface area contributed by atoms with Crippen LogP contribution in [0.4, 0.5) is 0 Å². The van der Waals surface area contributed by atoms with E-state index in [-0.39, 0.29) is 11.7 Å². The summed E-state index contributed by atoms with van der Waals surface area (Å²) in [5.74, 6) is -0.201. The second-order valence-corrected chi connectivity index (χ2v) is 4.17. The molecule has 1 aromatic carbocycles. The van der Waals surface area contributed by atoms with Crippen molar-refractivity contribution in [1.29, 1.82) is 0 Å². The van der Waals surface area contributed by atoms with Crippen LogP contribution in [0.1, 0.15) is 22.8 Å². The smallest absolute Gasteiger partial charge is 0.255 e. The number of aromatic hydroxyl groups is 1. The van der Waals surface area contributed by atoms with Gasteiger partial charge in [-0.25, -0.2) is 0 Å². The first kappa shape index (κ1) is 13.5. The average Bonchev–Trinajstić information content (AvgIpc) is 2.31. The third kappa shape index (κ3) is 4.07. The lowest BCUT2D eigenvalue weighted by Gasteiger charge is -2.14. The molecule has 0 radical (unpaired) electrons. The van der Waals surface area contributed by atoms with E-state index in [1.54, 1.807) is 18.2 Å². The maximum Gasteiger partial charge on any atom is 0.255 e. The van der Waals surface area contributed by atoms with Gasteiger partial charge in [0.2, 0.25) is 0 Å². The minimum atomic E-state index is -0.226.